The Labute approximate surface area is 148 Å². The average molecular weight is 336 g/mol. The number of aryl methyl sites for hydroxylation is 1. The first-order valence-electron chi connectivity index (χ1n) is 8.37. The fraction of sp³-hybridized carbons (Fsp3) is 0.250. The van der Waals surface area contributed by atoms with Crippen LogP contribution in [-0.2, 0) is 0 Å². The van der Waals surface area contributed by atoms with Crippen molar-refractivity contribution in [2.45, 2.75) is 6.92 Å². The number of hydrogen-bond donors (Lipinski definition) is 3. The molecule has 0 fully saturated rings. The first-order chi connectivity index (χ1) is 12.0. The zero-order valence-electron chi connectivity index (χ0n) is 14.9. The molecule has 1 aromatic heterocycles. The molecule has 0 radical (unpaired) electrons. The summed E-state index contributed by atoms with van der Waals surface area (Å²) < 4.78 is 0. The zero-order valence-corrected chi connectivity index (χ0v) is 14.9. The SMILES string of the molecule is Cc1cc(N=Cc2c(O)[nH]c3ccccc23)ccc1NCCN(C)C. The molecule has 2 aromatic carbocycles. The van der Waals surface area contributed by atoms with Crippen LogP contribution in [0.1, 0.15) is 11.1 Å². The number of aromatic amines is 1. The Morgan fingerprint density at radius 3 is 2.76 bits per heavy atom. The van der Waals surface area contributed by atoms with Gasteiger partial charge in [-0.2, -0.15) is 0 Å². The van der Waals surface area contributed by atoms with Crippen LogP contribution in [0, 0.1) is 6.92 Å². The Hall–Kier alpha value is -2.79. The lowest BCUT2D eigenvalue weighted by atomic mass is 10.1. The van der Waals surface area contributed by atoms with Crippen molar-refractivity contribution in [3.8, 4) is 5.88 Å². The van der Waals surface area contributed by atoms with Crippen LogP contribution in [0.3, 0.4) is 0 Å². The highest BCUT2D eigenvalue weighted by atomic mass is 16.3. The van der Waals surface area contributed by atoms with E-state index < -0.39 is 0 Å². The van der Waals surface area contributed by atoms with Crippen LogP contribution in [0.5, 0.6) is 5.88 Å². The zero-order chi connectivity index (χ0) is 17.8. The van der Waals surface area contributed by atoms with Crippen LogP contribution >= 0.6 is 0 Å². The lowest BCUT2D eigenvalue weighted by Gasteiger charge is -2.13. The molecule has 5 heteroatoms. The molecule has 0 amide bonds. The van der Waals surface area contributed by atoms with Gasteiger partial charge in [-0.05, 0) is 50.8 Å². The highest BCUT2D eigenvalue weighted by molar-refractivity contribution is 6.02. The van der Waals surface area contributed by atoms with Crippen molar-refractivity contribution in [2.24, 2.45) is 4.99 Å². The van der Waals surface area contributed by atoms with Crippen molar-refractivity contribution in [3.63, 3.8) is 0 Å². The summed E-state index contributed by atoms with van der Waals surface area (Å²) in [5.41, 5.74) is 4.74. The molecule has 3 rings (SSSR count). The standard InChI is InChI=1S/C20H24N4O/c1-14-12-15(8-9-18(14)21-10-11-24(2)3)22-13-17-16-6-4-5-7-19(16)23-20(17)25/h4-9,12-13,21,23,25H,10-11H2,1-3H3. The maximum absolute atomic E-state index is 10.1. The van der Waals surface area contributed by atoms with Crippen LogP contribution in [-0.4, -0.2) is 48.4 Å². The smallest absolute Gasteiger partial charge is 0.198 e. The number of nitrogens with zero attached hydrogens (tertiary/aromatic N) is 2. The number of anilines is 1. The van der Waals surface area contributed by atoms with Gasteiger partial charge >= 0.3 is 0 Å². The fourth-order valence-electron chi connectivity index (χ4n) is 2.76. The van der Waals surface area contributed by atoms with Crippen molar-refractivity contribution in [1.82, 2.24) is 9.88 Å². The molecule has 0 aliphatic carbocycles. The Morgan fingerprint density at radius 1 is 1.20 bits per heavy atom. The summed E-state index contributed by atoms with van der Waals surface area (Å²) in [6.45, 7) is 3.96. The number of para-hydroxylation sites is 1. The van der Waals surface area contributed by atoms with Gasteiger partial charge in [0.2, 0.25) is 0 Å². The van der Waals surface area contributed by atoms with Crippen molar-refractivity contribution in [1.29, 1.82) is 0 Å². The number of likely N-dealkylation sites (N-methyl/N-ethyl adjacent to an activating group) is 1. The third-order valence-corrected chi connectivity index (χ3v) is 4.15. The molecule has 0 saturated heterocycles. The minimum atomic E-state index is 0.142. The largest absolute Gasteiger partial charge is 0.494 e. The third-order valence-electron chi connectivity index (χ3n) is 4.15. The first-order valence-corrected chi connectivity index (χ1v) is 8.37. The van der Waals surface area contributed by atoms with E-state index >= 15 is 0 Å². The predicted octanol–water partition coefficient (Wildman–Crippen LogP) is 3.91. The van der Waals surface area contributed by atoms with Crippen molar-refractivity contribution >= 4 is 28.5 Å². The first kappa shape index (κ1) is 17.0. The summed E-state index contributed by atoms with van der Waals surface area (Å²) in [7, 11) is 4.12. The summed E-state index contributed by atoms with van der Waals surface area (Å²) >= 11 is 0. The summed E-state index contributed by atoms with van der Waals surface area (Å²) in [6.07, 6.45) is 1.71. The predicted molar refractivity (Wildman–Crippen MR) is 105 cm³/mol. The average Bonchev–Trinajstić information content (AvgIpc) is 2.89. The second-order valence-electron chi connectivity index (χ2n) is 6.42. The summed E-state index contributed by atoms with van der Waals surface area (Å²) in [5, 5.41) is 14.5. The van der Waals surface area contributed by atoms with E-state index in [0.717, 1.165) is 40.9 Å². The second-order valence-corrected chi connectivity index (χ2v) is 6.42. The van der Waals surface area contributed by atoms with Crippen LogP contribution < -0.4 is 5.32 Å². The van der Waals surface area contributed by atoms with Gasteiger partial charge in [0, 0.05) is 35.9 Å². The normalized spacial score (nSPS) is 11.7. The molecular formula is C20H24N4O. The van der Waals surface area contributed by atoms with E-state index in [1.54, 1.807) is 6.21 Å². The molecule has 25 heavy (non-hydrogen) atoms. The lowest BCUT2D eigenvalue weighted by molar-refractivity contribution is 0.425. The van der Waals surface area contributed by atoms with E-state index in [1.165, 1.54) is 0 Å². The van der Waals surface area contributed by atoms with Gasteiger partial charge in [0.15, 0.2) is 5.88 Å². The van der Waals surface area contributed by atoms with E-state index in [0.29, 0.717) is 5.56 Å². The van der Waals surface area contributed by atoms with Crippen LogP contribution in [0.4, 0.5) is 11.4 Å². The van der Waals surface area contributed by atoms with Gasteiger partial charge in [-0.1, -0.05) is 18.2 Å². The molecule has 0 bridgehead atoms. The molecule has 0 spiro atoms. The van der Waals surface area contributed by atoms with Gasteiger partial charge < -0.3 is 20.3 Å². The van der Waals surface area contributed by atoms with E-state index in [1.807, 2.05) is 42.5 Å². The van der Waals surface area contributed by atoms with Crippen molar-refractivity contribution in [3.05, 3.63) is 53.6 Å². The molecule has 0 aliphatic rings. The fourth-order valence-corrected chi connectivity index (χ4v) is 2.76. The summed E-state index contributed by atoms with van der Waals surface area (Å²) in [4.78, 5) is 9.64. The van der Waals surface area contributed by atoms with Gasteiger partial charge in [0.25, 0.3) is 0 Å². The molecule has 130 valence electrons. The van der Waals surface area contributed by atoms with Crippen molar-refractivity contribution < 1.29 is 5.11 Å². The number of hydrogen-bond acceptors (Lipinski definition) is 4. The number of aromatic nitrogens is 1. The number of H-pyrrole nitrogens is 1. The Bertz CT molecular complexity index is 896. The Kier molecular flexibility index (Phi) is 5.05. The quantitative estimate of drug-likeness (QED) is 0.598. The number of aromatic hydroxyl groups is 1. The van der Waals surface area contributed by atoms with E-state index in [-0.39, 0.29) is 5.88 Å². The van der Waals surface area contributed by atoms with Gasteiger partial charge in [-0.15, -0.1) is 0 Å². The van der Waals surface area contributed by atoms with E-state index in [9.17, 15) is 5.11 Å². The Balaban J connectivity index is 1.77. The van der Waals surface area contributed by atoms with Crippen LogP contribution in [0.25, 0.3) is 10.9 Å². The number of aliphatic imine (C=N–C) groups is 1. The van der Waals surface area contributed by atoms with Crippen molar-refractivity contribution in [2.75, 3.05) is 32.5 Å². The van der Waals surface area contributed by atoms with Gasteiger partial charge in [0.1, 0.15) is 0 Å². The number of fused-ring (bicyclic) bond motifs is 1. The number of nitrogens with one attached hydrogen (secondary N) is 2. The topological polar surface area (TPSA) is 63.7 Å². The second kappa shape index (κ2) is 7.40. The molecule has 0 unspecified atom stereocenters. The third kappa shape index (κ3) is 4.00. The highest BCUT2D eigenvalue weighted by Crippen LogP contribution is 2.27. The summed E-state index contributed by atoms with van der Waals surface area (Å²) in [5.74, 6) is 0.142. The van der Waals surface area contributed by atoms with E-state index in [2.05, 4.69) is 41.2 Å². The monoisotopic (exact) mass is 336 g/mol. The molecule has 0 saturated carbocycles. The highest BCUT2D eigenvalue weighted by Gasteiger charge is 2.07. The van der Waals surface area contributed by atoms with Gasteiger partial charge in [-0.25, -0.2) is 0 Å². The van der Waals surface area contributed by atoms with Gasteiger partial charge in [-0.3, -0.25) is 4.99 Å². The number of benzene rings is 2. The lowest BCUT2D eigenvalue weighted by Crippen LogP contribution is -2.20. The molecular weight excluding hydrogens is 312 g/mol. The van der Waals surface area contributed by atoms with Crippen LogP contribution in [0.2, 0.25) is 0 Å². The van der Waals surface area contributed by atoms with E-state index in [4.69, 9.17) is 0 Å². The maximum atomic E-state index is 10.1. The Morgan fingerprint density at radius 2 is 2.00 bits per heavy atom. The minimum Gasteiger partial charge on any atom is -0.494 e. The maximum Gasteiger partial charge on any atom is 0.198 e. The minimum absolute atomic E-state index is 0.142. The molecule has 0 aliphatic heterocycles. The van der Waals surface area contributed by atoms with Crippen LogP contribution in [0.15, 0.2) is 47.5 Å². The molecule has 3 aromatic rings. The molecule has 0 atom stereocenters. The molecule has 3 N–H and O–H groups in total. The van der Waals surface area contributed by atoms with Gasteiger partial charge in [0.05, 0.1) is 11.3 Å². The summed E-state index contributed by atoms with van der Waals surface area (Å²) in [6, 6.07) is 13.9. The molecule has 1 heterocycles. The number of rotatable bonds is 6. The molecule has 5 nitrogen and oxygen atoms in total.